The molecule has 1 aromatic rings. The lowest BCUT2D eigenvalue weighted by molar-refractivity contribution is 0.0180. The summed E-state index contributed by atoms with van der Waals surface area (Å²) >= 11 is 6.12. The molecule has 0 radical (unpaired) electrons. The highest BCUT2D eigenvalue weighted by atomic mass is 35.5. The van der Waals surface area contributed by atoms with Gasteiger partial charge in [0.2, 0.25) is 0 Å². The maximum absolute atomic E-state index is 6.12. The van der Waals surface area contributed by atoms with Crippen molar-refractivity contribution in [3.05, 3.63) is 34.9 Å². The maximum atomic E-state index is 6.12. The van der Waals surface area contributed by atoms with Crippen LogP contribution in [0.1, 0.15) is 44.6 Å². The fourth-order valence-electron chi connectivity index (χ4n) is 4.04. The molecule has 2 nitrogen and oxygen atoms in total. The Morgan fingerprint density at radius 1 is 1.25 bits per heavy atom. The largest absolute Gasteiger partial charge is 0.314 e. The van der Waals surface area contributed by atoms with E-state index >= 15 is 0 Å². The maximum Gasteiger partial charge on any atom is 0.0409 e. The first-order chi connectivity index (χ1) is 9.76. The molecule has 3 heteroatoms. The van der Waals surface area contributed by atoms with Gasteiger partial charge in [-0.15, -0.1) is 0 Å². The molecule has 2 bridgehead atoms. The Kier molecular flexibility index (Phi) is 4.65. The summed E-state index contributed by atoms with van der Waals surface area (Å²) in [6.07, 6.45) is 6.74. The average molecular weight is 293 g/mol. The predicted octanol–water partition coefficient (Wildman–Crippen LogP) is 3.84. The summed E-state index contributed by atoms with van der Waals surface area (Å²) in [6.45, 7) is 4.38. The van der Waals surface area contributed by atoms with Crippen LogP contribution >= 0.6 is 11.6 Å². The monoisotopic (exact) mass is 292 g/mol. The molecule has 1 aromatic carbocycles. The van der Waals surface area contributed by atoms with Crippen LogP contribution in [0.15, 0.2) is 24.3 Å². The molecular weight excluding hydrogens is 268 g/mol. The lowest BCUT2D eigenvalue weighted by Crippen LogP contribution is -2.55. The van der Waals surface area contributed by atoms with E-state index in [1.165, 1.54) is 37.7 Å². The minimum atomic E-state index is 0.728. The molecule has 0 aromatic heterocycles. The van der Waals surface area contributed by atoms with Gasteiger partial charge in [0.1, 0.15) is 0 Å². The van der Waals surface area contributed by atoms with E-state index in [-0.39, 0.29) is 0 Å². The zero-order valence-electron chi connectivity index (χ0n) is 12.3. The molecule has 2 unspecified atom stereocenters. The van der Waals surface area contributed by atoms with Crippen LogP contribution < -0.4 is 5.32 Å². The Bertz CT molecular complexity index is 434. The number of fused-ring (bicyclic) bond motifs is 2. The van der Waals surface area contributed by atoms with Crippen LogP contribution in [0.4, 0.5) is 0 Å². The number of piperidine rings is 2. The minimum absolute atomic E-state index is 0.728. The lowest BCUT2D eigenvalue weighted by atomic mass is 9.81. The Balaban J connectivity index is 1.70. The first-order valence-electron chi connectivity index (χ1n) is 8.00. The number of nitrogens with one attached hydrogen (secondary N) is 1. The fourth-order valence-corrected chi connectivity index (χ4v) is 4.25. The molecule has 2 aliphatic heterocycles. The van der Waals surface area contributed by atoms with Crippen LogP contribution in [0.2, 0.25) is 5.02 Å². The van der Waals surface area contributed by atoms with Gasteiger partial charge < -0.3 is 5.32 Å². The Morgan fingerprint density at radius 2 is 2.00 bits per heavy atom. The van der Waals surface area contributed by atoms with Crippen molar-refractivity contribution in [3.8, 4) is 0 Å². The summed E-state index contributed by atoms with van der Waals surface area (Å²) < 4.78 is 0. The van der Waals surface area contributed by atoms with Gasteiger partial charge in [-0.3, -0.25) is 4.90 Å². The van der Waals surface area contributed by atoms with Gasteiger partial charge in [0.15, 0.2) is 0 Å². The van der Waals surface area contributed by atoms with Gasteiger partial charge in [0, 0.05) is 29.7 Å². The van der Waals surface area contributed by atoms with E-state index in [0.29, 0.717) is 0 Å². The van der Waals surface area contributed by atoms with Gasteiger partial charge >= 0.3 is 0 Å². The molecule has 3 rings (SSSR count). The van der Waals surface area contributed by atoms with Crippen LogP contribution in [0, 0.1) is 0 Å². The third-order valence-electron chi connectivity index (χ3n) is 4.87. The molecular formula is C17H25ClN2. The van der Waals surface area contributed by atoms with E-state index in [0.717, 1.165) is 36.2 Å². The van der Waals surface area contributed by atoms with Crippen LogP contribution in [0.5, 0.6) is 0 Å². The smallest absolute Gasteiger partial charge is 0.0409 e. The van der Waals surface area contributed by atoms with Gasteiger partial charge in [-0.2, -0.15) is 0 Å². The van der Waals surface area contributed by atoms with E-state index in [2.05, 4.69) is 35.3 Å². The molecule has 110 valence electrons. The highest BCUT2D eigenvalue weighted by Crippen LogP contribution is 2.35. The van der Waals surface area contributed by atoms with Gasteiger partial charge in [-0.25, -0.2) is 0 Å². The summed E-state index contributed by atoms with van der Waals surface area (Å²) in [5.41, 5.74) is 1.36. The number of rotatable bonds is 4. The average Bonchev–Trinajstić information content (AvgIpc) is 2.40. The first-order valence-corrected chi connectivity index (χ1v) is 8.37. The van der Waals surface area contributed by atoms with Crippen molar-refractivity contribution in [1.82, 2.24) is 10.2 Å². The number of benzene rings is 1. The molecule has 2 aliphatic rings. The number of hydrogen-bond acceptors (Lipinski definition) is 2. The molecule has 2 fully saturated rings. The number of nitrogens with zero attached hydrogens (tertiary/aromatic N) is 1. The molecule has 0 amide bonds. The van der Waals surface area contributed by atoms with E-state index in [1.807, 2.05) is 6.07 Å². The van der Waals surface area contributed by atoms with E-state index in [4.69, 9.17) is 11.6 Å². The highest BCUT2D eigenvalue weighted by Gasteiger charge is 2.37. The molecule has 0 spiro atoms. The molecule has 1 N–H and O–H groups in total. The molecule has 2 heterocycles. The van der Waals surface area contributed by atoms with Crippen LogP contribution in [-0.4, -0.2) is 29.6 Å². The molecule has 0 saturated carbocycles. The Hall–Kier alpha value is -0.570. The van der Waals surface area contributed by atoms with Crippen molar-refractivity contribution in [3.63, 3.8) is 0 Å². The van der Waals surface area contributed by atoms with E-state index in [9.17, 15) is 0 Å². The Labute approximate surface area is 127 Å². The zero-order valence-corrected chi connectivity index (χ0v) is 13.1. The van der Waals surface area contributed by atoms with Gasteiger partial charge in [-0.05, 0) is 49.9 Å². The van der Waals surface area contributed by atoms with Crippen molar-refractivity contribution in [2.24, 2.45) is 0 Å². The quantitative estimate of drug-likeness (QED) is 0.907. The first kappa shape index (κ1) is 14.4. The van der Waals surface area contributed by atoms with Crippen molar-refractivity contribution >= 4 is 11.6 Å². The number of halogens is 1. The zero-order chi connectivity index (χ0) is 13.9. The lowest BCUT2D eigenvalue weighted by Gasteiger charge is -2.49. The second-order valence-corrected chi connectivity index (χ2v) is 6.70. The third kappa shape index (κ3) is 3.19. The summed E-state index contributed by atoms with van der Waals surface area (Å²) in [4.78, 5) is 2.74. The SMILES string of the molecule is CCNC1CC2CCCC(C1)N2Cc1cccc(Cl)c1. The highest BCUT2D eigenvalue weighted by molar-refractivity contribution is 6.30. The van der Waals surface area contributed by atoms with Crippen molar-refractivity contribution in [2.45, 2.75) is 63.7 Å². The van der Waals surface area contributed by atoms with Crippen LogP contribution in [-0.2, 0) is 6.54 Å². The molecule has 20 heavy (non-hydrogen) atoms. The summed E-state index contributed by atoms with van der Waals surface area (Å²) in [5.74, 6) is 0. The molecule has 0 aliphatic carbocycles. The molecule has 2 saturated heterocycles. The second-order valence-electron chi connectivity index (χ2n) is 6.27. The predicted molar refractivity (Wildman–Crippen MR) is 85.1 cm³/mol. The van der Waals surface area contributed by atoms with Crippen molar-refractivity contribution in [1.29, 1.82) is 0 Å². The number of hydrogen-bond donors (Lipinski definition) is 1. The van der Waals surface area contributed by atoms with E-state index < -0.39 is 0 Å². The van der Waals surface area contributed by atoms with Gasteiger partial charge in [0.05, 0.1) is 0 Å². The normalized spacial score (nSPS) is 30.4. The van der Waals surface area contributed by atoms with Gasteiger partial charge in [0.25, 0.3) is 0 Å². The van der Waals surface area contributed by atoms with Crippen LogP contribution in [0.3, 0.4) is 0 Å². The Morgan fingerprint density at radius 3 is 2.65 bits per heavy atom. The van der Waals surface area contributed by atoms with Gasteiger partial charge in [-0.1, -0.05) is 37.1 Å². The second kappa shape index (κ2) is 6.46. The standard InChI is InChI=1S/C17H25ClN2/c1-2-19-15-10-16-7-4-8-17(11-15)20(16)12-13-5-3-6-14(18)9-13/h3,5-6,9,15-17,19H,2,4,7-8,10-12H2,1H3. The summed E-state index contributed by atoms with van der Waals surface area (Å²) in [5, 5.41) is 4.52. The summed E-state index contributed by atoms with van der Waals surface area (Å²) in [6, 6.07) is 10.6. The molecule has 2 atom stereocenters. The van der Waals surface area contributed by atoms with Crippen LogP contribution in [0.25, 0.3) is 0 Å². The minimum Gasteiger partial charge on any atom is -0.314 e. The fraction of sp³-hybridized carbons (Fsp3) is 0.647. The topological polar surface area (TPSA) is 15.3 Å². The van der Waals surface area contributed by atoms with Crippen molar-refractivity contribution < 1.29 is 0 Å². The third-order valence-corrected chi connectivity index (χ3v) is 5.11. The van der Waals surface area contributed by atoms with Crippen molar-refractivity contribution in [2.75, 3.05) is 6.54 Å². The van der Waals surface area contributed by atoms with E-state index in [1.54, 1.807) is 0 Å². The summed E-state index contributed by atoms with van der Waals surface area (Å²) in [7, 11) is 0.